The summed E-state index contributed by atoms with van der Waals surface area (Å²) in [6.45, 7) is 2.20. The molecular formula is C14H22N4O. The Morgan fingerprint density at radius 2 is 2.16 bits per heavy atom. The van der Waals surface area contributed by atoms with Crippen molar-refractivity contribution in [3.8, 4) is 0 Å². The third kappa shape index (κ3) is 2.97. The average Bonchev–Trinajstić information content (AvgIpc) is 3.13. The van der Waals surface area contributed by atoms with E-state index >= 15 is 0 Å². The number of imidazole rings is 1. The van der Waals surface area contributed by atoms with Crippen molar-refractivity contribution in [1.82, 2.24) is 20.2 Å². The molecule has 0 spiro atoms. The van der Waals surface area contributed by atoms with Gasteiger partial charge in [-0.05, 0) is 32.2 Å². The van der Waals surface area contributed by atoms with Gasteiger partial charge >= 0.3 is 0 Å². The second-order valence-corrected chi connectivity index (χ2v) is 5.71. The summed E-state index contributed by atoms with van der Waals surface area (Å²) in [5, 5.41) is 3.12. The zero-order valence-electron chi connectivity index (χ0n) is 11.3. The summed E-state index contributed by atoms with van der Waals surface area (Å²) in [7, 11) is 0. The number of piperidine rings is 1. The second-order valence-electron chi connectivity index (χ2n) is 5.71. The quantitative estimate of drug-likeness (QED) is 0.868. The molecule has 1 saturated heterocycles. The summed E-state index contributed by atoms with van der Waals surface area (Å²) >= 11 is 0. The molecule has 104 valence electrons. The van der Waals surface area contributed by atoms with Gasteiger partial charge in [-0.1, -0.05) is 12.8 Å². The molecule has 2 N–H and O–H groups in total. The normalized spacial score (nSPS) is 25.6. The van der Waals surface area contributed by atoms with Gasteiger partial charge in [0.15, 0.2) is 0 Å². The van der Waals surface area contributed by atoms with E-state index in [0.29, 0.717) is 5.69 Å². The van der Waals surface area contributed by atoms with Crippen LogP contribution in [0.25, 0.3) is 0 Å². The summed E-state index contributed by atoms with van der Waals surface area (Å²) in [4.78, 5) is 21.3. The van der Waals surface area contributed by atoms with Gasteiger partial charge in [0.2, 0.25) is 0 Å². The fourth-order valence-electron chi connectivity index (χ4n) is 3.37. The van der Waals surface area contributed by atoms with Gasteiger partial charge in [-0.3, -0.25) is 9.69 Å². The van der Waals surface area contributed by atoms with E-state index in [4.69, 9.17) is 0 Å². The molecule has 1 unspecified atom stereocenters. The van der Waals surface area contributed by atoms with Crippen molar-refractivity contribution < 1.29 is 4.79 Å². The van der Waals surface area contributed by atoms with Crippen LogP contribution in [0.3, 0.4) is 0 Å². The van der Waals surface area contributed by atoms with Crippen molar-refractivity contribution in [3.05, 3.63) is 18.2 Å². The topological polar surface area (TPSA) is 61.0 Å². The number of H-pyrrole nitrogens is 1. The molecule has 2 heterocycles. The van der Waals surface area contributed by atoms with E-state index in [9.17, 15) is 4.79 Å². The van der Waals surface area contributed by atoms with Crippen molar-refractivity contribution in [1.29, 1.82) is 0 Å². The third-order valence-corrected chi connectivity index (χ3v) is 4.37. The zero-order chi connectivity index (χ0) is 13.1. The van der Waals surface area contributed by atoms with Crippen molar-refractivity contribution in [3.63, 3.8) is 0 Å². The minimum Gasteiger partial charge on any atom is -0.347 e. The summed E-state index contributed by atoms with van der Waals surface area (Å²) in [5.41, 5.74) is 0.554. The van der Waals surface area contributed by atoms with Crippen LogP contribution < -0.4 is 5.32 Å². The van der Waals surface area contributed by atoms with Gasteiger partial charge < -0.3 is 10.3 Å². The van der Waals surface area contributed by atoms with Crippen molar-refractivity contribution >= 4 is 5.91 Å². The third-order valence-electron chi connectivity index (χ3n) is 4.37. The SMILES string of the molecule is O=C(NC1CCCN(C2CCCC2)C1)c1cnc[nH]1. The van der Waals surface area contributed by atoms with Crippen LogP contribution in [0.15, 0.2) is 12.5 Å². The highest BCUT2D eigenvalue weighted by atomic mass is 16.2. The van der Waals surface area contributed by atoms with E-state index in [1.54, 1.807) is 12.5 Å². The van der Waals surface area contributed by atoms with Crippen LogP contribution in [0.4, 0.5) is 0 Å². The molecule has 2 aliphatic rings. The van der Waals surface area contributed by atoms with Crippen LogP contribution in [-0.4, -0.2) is 45.9 Å². The van der Waals surface area contributed by atoms with Gasteiger partial charge in [0.05, 0.1) is 12.5 Å². The van der Waals surface area contributed by atoms with Crippen molar-refractivity contribution in [2.45, 2.75) is 50.6 Å². The number of aromatic nitrogens is 2. The number of aromatic amines is 1. The Balaban J connectivity index is 1.54. The number of hydrogen-bond donors (Lipinski definition) is 2. The maximum absolute atomic E-state index is 12.0. The second kappa shape index (κ2) is 5.74. The minimum absolute atomic E-state index is 0.0317. The van der Waals surface area contributed by atoms with E-state index in [1.165, 1.54) is 38.6 Å². The van der Waals surface area contributed by atoms with Gasteiger partial charge in [0, 0.05) is 18.6 Å². The average molecular weight is 262 g/mol. The van der Waals surface area contributed by atoms with Gasteiger partial charge in [0.1, 0.15) is 5.69 Å². The Morgan fingerprint density at radius 3 is 2.89 bits per heavy atom. The van der Waals surface area contributed by atoms with Crippen LogP contribution in [0, 0.1) is 0 Å². The predicted molar refractivity (Wildman–Crippen MR) is 72.9 cm³/mol. The van der Waals surface area contributed by atoms with Crippen molar-refractivity contribution in [2.24, 2.45) is 0 Å². The lowest BCUT2D eigenvalue weighted by atomic mass is 10.0. The number of carbonyl (C=O) groups excluding carboxylic acids is 1. The Kier molecular flexibility index (Phi) is 3.82. The summed E-state index contributed by atoms with van der Waals surface area (Å²) in [5.74, 6) is -0.0317. The Morgan fingerprint density at radius 1 is 1.32 bits per heavy atom. The lowest BCUT2D eigenvalue weighted by Gasteiger charge is -2.37. The van der Waals surface area contributed by atoms with Crippen LogP contribution >= 0.6 is 0 Å². The lowest BCUT2D eigenvalue weighted by molar-refractivity contribution is 0.0870. The Hall–Kier alpha value is -1.36. The molecule has 1 aliphatic carbocycles. The number of likely N-dealkylation sites (tertiary alicyclic amines) is 1. The molecule has 3 rings (SSSR count). The number of carbonyl (C=O) groups is 1. The molecule has 0 bridgehead atoms. The summed E-state index contributed by atoms with van der Waals surface area (Å²) < 4.78 is 0. The molecule has 1 amide bonds. The molecule has 1 atom stereocenters. The highest BCUT2D eigenvalue weighted by Gasteiger charge is 2.28. The van der Waals surface area contributed by atoms with Gasteiger partial charge in [0.25, 0.3) is 5.91 Å². The van der Waals surface area contributed by atoms with Gasteiger partial charge in [-0.15, -0.1) is 0 Å². The highest BCUT2D eigenvalue weighted by molar-refractivity contribution is 5.92. The Bertz CT molecular complexity index is 411. The maximum atomic E-state index is 12.0. The lowest BCUT2D eigenvalue weighted by Crippen LogP contribution is -2.50. The molecule has 0 radical (unpaired) electrons. The van der Waals surface area contributed by atoms with Crippen LogP contribution in [0.5, 0.6) is 0 Å². The molecule has 0 aromatic carbocycles. The highest BCUT2D eigenvalue weighted by Crippen LogP contribution is 2.26. The molecule has 5 heteroatoms. The van der Waals surface area contributed by atoms with E-state index in [0.717, 1.165) is 19.0 Å². The minimum atomic E-state index is -0.0317. The van der Waals surface area contributed by atoms with Gasteiger partial charge in [-0.25, -0.2) is 4.98 Å². The molecule has 2 fully saturated rings. The first-order valence-corrected chi connectivity index (χ1v) is 7.36. The number of rotatable bonds is 3. The van der Waals surface area contributed by atoms with Crippen LogP contribution in [0.1, 0.15) is 49.0 Å². The maximum Gasteiger partial charge on any atom is 0.269 e. The van der Waals surface area contributed by atoms with Gasteiger partial charge in [-0.2, -0.15) is 0 Å². The van der Waals surface area contributed by atoms with Crippen molar-refractivity contribution in [2.75, 3.05) is 13.1 Å². The molecule has 1 aromatic heterocycles. The van der Waals surface area contributed by atoms with E-state index in [-0.39, 0.29) is 11.9 Å². The monoisotopic (exact) mass is 262 g/mol. The fourth-order valence-corrected chi connectivity index (χ4v) is 3.37. The fraction of sp³-hybridized carbons (Fsp3) is 0.714. The first-order valence-electron chi connectivity index (χ1n) is 7.36. The summed E-state index contributed by atoms with van der Waals surface area (Å²) in [6, 6.07) is 1.04. The van der Waals surface area contributed by atoms with Crippen LogP contribution in [0.2, 0.25) is 0 Å². The molecule has 19 heavy (non-hydrogen) atoms. The number of amides is 1. The predicted octanol–water partition coefficient (Wildman–Crippen LogP) is 1.55. The number of hydrogen-bond acceptors (Lipinski definition) is 3. The van der Waals surface area contributed by atoms with E-state index in [1.807, 2.05) is 0 Å². The van der Waals surface area contributed by atoms with Crippen LogP contribution in [-0.2, 0) is 0 Å². The molecule has 1 aliphatic heterocycles. The van der Waals surface area contributed by atoms with E-state index in [2.05, 4.69) is 20.2 Å². The smallest absolute Gasteiger partial charge is 0.269 e. The first kappa shape index (κ1) is 12.7. The summed E-state index contributed by atoms with van der Waals surface area (Å²) in [6.07, 6.45) is 10.8. The molecular weight excluding hydrogens is 240 g/mol. The first-order chi connectivity index (χ1) is 9.33. The number of nitrogens with one attached hydrogen (secondary N) is 2. The number of nitrogens with zero attached hydrogens (tertiary/aromatic N) is 2. The molecule has 1 saturated carbocycles. The Labute approximate surface area is 113 Å². The molecule has 5 nitrogen and oxygen atoms in total. The largest absolute Gasteiger partial charge is 0.347 e. The molecule has 1 aromatic rings. The van der Waals surface area contributed by atoms with E-state index < -0.39 is 0 Å². The zero-order valence-corrected chi connectivity index (χ0v) is 11.3. The standard InChI is InChI=1S/C14H22N4O/c19-14(13-8-15-10-16-13)17-11-4-3-7-18(9-11)12-5-1-2-6-12/h8,10-12H,1-7,9H2,(H,15,16)(H,17,19).